The Morgan fingerprint density at radius 1 is 1.12 bits per heavy atom. The maximum absolute atomic E-state index is 10.9. The van der Waals surface area contributed by atoms with E-state index in [0.717, 1.165) is 0 Å². The van der Waals surface area contributed by atoms with Crippen LogP contribution in [0.1, 0.15) is 32.1 Å². The molecule has 0 aliphatic carbocycles. The number of carboxylic acids is 3. The molecule has 0 spiro atoms. The van der Waals surface area contributed by atoms with E-state index in [-0.39, 0.29) is 22.5 Å². The van der Waals surface area contributed by atoms with Crippen LogP contribution >= 0.6 is 0 Å². The van der Waals surface area contributed by atoms with E-state index in [1.165, 1.54) is 6.92 Å². The molecule has 16 heavy (non-hydrogen) atoms. The van der Waals surface area contributed by atoms with Gasteiger partial charge in [0.2, 0.25) is 0 Å². The molecule has 1 heterocycles. The molecule has 0 bridgehead atoms. The van der Waals surface area contributed by atoms with Crippen molar-refractivity contribution in [3.8, 4) is 0 Å². The maximum Gasteiger partial charge on any atom is 0.352 e. The normalized spacial score (nSPS) is 10.1. The predicted octanol–water partition coefficient (Wildman–Crippen LogP) is 0.347. The van der Waals surface area contributed by atoms with Gasteiger partial charge in [-0.1, -0.05) is 0 Å². The molecule has 0 aromatic carbocycles. The third kappa shape index (κ3) is 2.02. The number of hydrogen-bond donors (Lipinski definition) is 4. The Morgan fingerprint density at radius 2 is 1.69 bits per heavy atom. The molecule has 0 aliphatic rings. The number of aliphatic carboxylic acids is 1. The molecule has 1 aromatic heterocycles. The molecule has 7 heteroatoms. The minimum Gasteiger partial charge on any atom is -0.481 e. The van der Waals surface area contributed by atoms with Gasteiger partial charge < -0.3 is 20.3 Å². The number of aromatic amines is 1. The van der Waals surface area contributed by atoms with Gasteiger partial charge in [0.15, 0.2) is 0 Å². The second-order valence-electron chi connectivity index (χ2n) is 3.16. The maximum atomic E-state index is 10.9. The summed E-state index contributed by atoms with van der Waals surface area (Å²) < 4.78 is 0. The molecule has 0 amide bonds. The molecule has 0 radical (unpaired) electrons. The van der Waals surface area contributed by atoms with Gasteiger partial charge in [0, 0.05) is 5.69 Å². The van der Waals surface area contributed by atoms with Crippen molar-refractivity contribution in [3.63, 3.8) is 0 Å². The standard InChI is InChI=1S/C9H9NO6/c1-3-6(8(13)14)4(2-5(11)12)10-7(3)9(15)16/h10H,2H2,1H3,(H,11,12)(H,13,14)(H,15,16). The first-order chi connectivity index (χ1) is 7.34. The van der Waals surface area contributed by atoms with E-state index in [1.807, 2.05) is 0 Å². The Hall–Kier alpha value is -2.31. The summed E-state index contributed by atoms with van der Waals surface area (Å²) in [6.07, 6.45) is -0.560. The monoisotopic (exact) mass is 227 g/mol. The van der Waals surface area contributed by atoms with Crippen LogP contribution in [-0.4, -0.2) is 38.2 Å². The molecule has 0 aliphatic heterocycles. The highest BCUT2D eigenvalue weighted by Gasteiger charge is 2.24. The van der Waals surface area contributed by atoms with Crippen molar-refractivity contribution in [3.05, 3.63) is 22.5 Å². The van der Waals surface area contributed by atoms with Crippen molar-refractivity contribution in [2.24, 2.45) is 0 Å². The minimum atomic E-state index is -1.35. The number of rotatable bonds is 4. The van der Waals surface area contributed by atoms with Crippen LogP contribution in [0.15, 0.2) is 0 Å². The van der Waals surface area contributed by atoms with Gasteiger partial charge in [-0.15, -0.1) is 0 Å². The summed E-state index contributed by atoms with van der Waals surface area (Å²) in [6.45, 7) is 1.31. The summed E-state index contributed by atoms with van der Waals surface area (Å²) in [5.41, 5.74) is -0.681. The smallest absolute Gasteiger partial charge is 0.352 e. The van der Waals surface area contributed by atoms with Crippen LogP contribution in [0.25, 0.3) is 0 Å². The van der Waals surface area contributed by atoms with E-state index < -0.39 is 24.3 Å². The van der Waals surface area contributed by atoms with Crippen molar-refractivity contribution in [2.75, 3.05) is 0 Å². The van der Waals surface area contributed by atoms with Crippen molar-refractivity contribution >= 4 is 17.9 Å². The molecule has 86 valence electrons. The lowest BCUT2D eigenvalue weighted by molar-refractivity contribution is -0.136. The van der Waals surface area contributed by atoms with E-state index in [1.54, 1.807) is 0 Å². The van der Waals surface area contributed by atoms with E-state index in [0.29, 0.717) is 0 Å². The number of carbonyl (C=O) groups is 3. The summed E-state index contributed by atoms with van der Waals surface area (Å²) in [4.78, 5) is 34.4. The largest absolute Gasteiger partial charge is 0.481 e. The van der Waals surface area contributed by atoms with Gasteiger partial charge >= 0.3 is 17.9 Å². The fraction of sp³-hybridized carbons (Fsp3) is 0.222. The summed E-state index contributed by atoms with van der Waals surface area (Å²) in [5, 5.41) is 26.1. The third-order valence-corrected chi connectivity index (χ3v) is 2.08. The zero-order chi connectivity index (χ0) is 12.5. The molecule has 7 nitrogen and oxygen atoms in total. The zero-order valence-electron chi connectivity index (χ0n) is 8.27. The Balaban J connectivity index is 3.36. The van der Waals surface area contributed by atoms with Gasteiger partial charge in [-0.25, -0.2) is 9.59 Å². The van der Waals surface area contributed by atoms with E-state index in [4.69, 9.17) is 15.3 Å². The zero-order valence-corrected chi connectivity index (χ0v) is 8.27. The van der Waals surface area contributed by atoms with Crippen molar-refractivity contribution in [2.45, 2.75) is 13.3 Å². The van der Waals surface area contributed by atoms with E-state index in [9.17, 15) is 14.4 Å². The Morgan fingerprint density at radius 3 is 2.06 bits per heavy atom. The molecule has 0 unspecified atom stereocenters. The number of carboxylic acid groups (broad SMARTS) is 3. The second-order valence-corrected chi connectivity index (χ2v) is 3.16. The topological polar surface area (TPSA) is 128 Å². The highest BCUT2D eigenvalue weighted by atomic mass is 16.4. The average Bonchev–Trinajstić information content (AvgIpc) is 2.41. The van der Waals surface area contributed by atoms with E-state index >= 15 is 0 Å². The fourth-order valence-corrected chi connectivity index (χ4v) is 1.45. The molecule has 4 N–H and O–H groups in total. The fourth-order valence-electron chi connectivity index (χ4n) is 1.45. The van der Waals surface area contributed by atoms with Gasteiger partial charge in [-0.2, -0.15) is 0 Å². The number of H-pyrrole nitrogens is 1. The SMILES string of the molecule is Cc1c(C(=O)O)[nH]c(CC(=O)O)c1C(=O)O. The number of aromatic carboxylic acids is 2. The lowest BCUT2D eigenvalue weighted by Gasteiger charge is -1.96. The summed E-state index contributed by atoms with van der Waals surface area (Å²) in [5.74, 6) is -3.91. The van der Waals surface area contributed by atoms with Crippen LogP contribution in [0.3, 0.4) is 0 Å². The van der Waals surface area contributed by atoms with Crippen LogP contribution < -0.4 is 0 Å². The lowest BCUT2D eigenvalue weighted by atomic mass is 10.1. The molecule has 0 fully saturated rings. The van der Waals surface area contributed by atoms with Crippen molar-refractivity contribution in [1.29, 1.82) is 0 Å². The quantitative estimate of drug-likeness (QED) is 0.587. The molecular formula is C9H9NO6. The molecule has 1 aromatic rings. The highest BCUT2D eigenvalue weighted by molar-refractivity contribution is 5.97. The van der Waals surface area contributed by atoms with Crippen molar-refractivity contribution in [1.82, 2.24) is 4.98 Å². The van der Waals surface area contributed by atoms with Gasteiger partial charge in [-0.05, 0) is 12.5 Å². The lowest BCUT2D eigenvalue weighted by Crippen LogP contribution is -2.07. The van der Waals surface area contributed by atoms with Gasteiger partial charge in [0.25, 0.3) is 0 Å². The number of hydrogen-bond acceptors (Lipinski definition) is 3. The van der Waals surface area contributed by atoms with Crippen molar-refractivity contribution < 1.29 is 29.7 Å². The number of aromatic nitrogens is 1. The Kier molecular flexibility index (Phi) is 2.98. The van der Waals surface area contributed by atoms with Crippen LogP contribution in [0.4, 0.5) is 0 Å². The van der Waals surface area contributed by atoms with Gasteiger partial charge in [0.1, 0.15) is 5.69 Å². The molecule has 0 saturated heterocycles. The Bertz CT molecular complexity index is 473. The average molecular weight is 227 g/mol. The van der Waals surface area contributed by atoms with Gasteiger partial charge in [-0.3, -0.25) is 4.79 Å². The molecule has 0 atom stereocenters. The highest BCUT2D eigenvalue weighted by Crippen LogP contribution is 2.19. The number of nitrogens with one attached hydrogen (secondary N) is 1. The first-order valence-electron chi connectivity index (χ1n) is 4.24. The third-order valence-electron chi connectivity index (χ3n) is 2.08. The van der Waals surface area contributed by atoms with Crippen LogP contribution in [0, 0.1) is 6.92 Å². The summed E-state index contributed by atoms with van der Waals surface area (Å²) in [6, 6.07) is 0. The molecule has 0 saturated carbocycles. The van der Waals surface area contributed by atoms with Gasteiger partial charge in [0.05, 0.1) is 12.0 Å². The first-order valence-corrected chi connectivity index (χ1v) is 4.24. The predicted molar refractivity (Wildman–Crippen MR) is 50.8 cm³/mol. The molecular weight excluding hydrogens is 218 g/mol. The van der Waals surface area contributed by atoms with Crippen LogP contribution in [0.5, 0.6) is 0 Å². The van der Waals surface area contributed by atoms with Crippen LogP contribution in [0.2, 0.25) is 0 Å². The molecule has 1 rings (SSSR count). The minimum absolute atomic E-state index is 0.0243. The summed E-state index contributed by atoms with van der Waals surface area (Å²) >= 11 is 0. The first kappa shape index (κ1) is 11.8. The second kappa shape index (κ2) is 4.05. The summed E-state index contributed by atoms with van der Waals surface area (Å²) in [7, 11) is 0. The Labute approximate surface area is 89.3 Å². The van der Waals surface area contributed by atoms with Crippen LogP contribution in [-0.2, 0) is 11.2 Å². The van der Waals surface area contributed by atoms with E-state index in [2.05, 4.69) is 4.98 Å².